The maximum absolute atomic E-state index is 12.3. The molecule has 1 aliphatic carbocycles. The first-order valence-corrected chi connectivity index (χ1v) is 7.47. The number of nitrogens with one attached hydrogen (secondary N) is 1. The van der Waals surface area contributed by atoms with Gasteiger partial charge in [-0.25, -0.2) is 4.79 Å². The highest BCUT2D eigenvalue weighted by molar-refractivity contribution is 6.35. The first-order chi connectivity index (χ1) is 9.97. The van der Waals surface area contributed by atoms with Gasteiger partial charge in [0.15, 0.2) is 0 Å². The summed E-state index contributed by atoms with van der Waals surface area (Å²) in [6.07, 6.45) is 3.66. The SMILES string of the molecule is O=C(O)CN(C(=O)Nc1cc(Cl)ccc1Cl)C1CCCC1. The van der Waals surface area contributed by atoms with Crippen molar-refractivity contribution in [2.45, 2.75) is 31.7 Å². The van der Waals surface area contributed by atoms with Gasteiger partial charge in [-0.3, -0.25) is 4.79 Å². The van der Waals surface area contributed by atoms with E-state index in [2.05, 4.69) is 5.32 Å². The quantitative estimate of drug-likeness (QED) is 0.880. The van der Waals surface area contributed by atoms with Crippen molar-refractivity contribution < 1.29 is 14.7 Å². The molecule has 1 fully saturated rings. The molecule has 0 spiro atoms. The van der Waals surface area contributed by atoms with Crippen LogP contribution in [0, 0.1) is 0 Å². The summed E-state index contributed by atoms with van der Waals surface area (Å²) in [7, 11) is 0. The molecule has 1 aliphatic rings. The standard InChI is InChI=1S/C14H16Cl2N2O3/c15-9-5-6-11(16)12(7-9)17-14(21)18(8-13(19)20)10-3-1-2-4-10/h5-7,10H,1-4,8H2,(H,17,21)(H,19,20). The third kappa shape index (κ3) is 4.25. The first kappa shape index (κ1) is 15.9. The molecule has 0 atom stereocenters. The van der Waals surface area contributed by atoms with Crippen LogP contribution in [0.2, 0.25) is 10.0 Å². The van der Waals surface area contributed by atoms with Crippen molar-refractivity contribution in [1.29, 1.82) is 0 Å². The average Bonchev–Trinajstić information content (AvgIpc) is 2.93. The predicted octanol–water partition coefficient (Wildman–Crippen LogP) is 3.85. The Morgan fingerprint density at radius 2 is 1.95 bits per heavy atom. The number of anilines is 1. The van der Waals surface area contributed by atoms with Gasteiger partial charge in [0.1, 0.15) is 6.54 Å². The van der Waals surface area contributed by atoms with E-state index in [0.717, 1.165) is 25.7 Å². The molecule has 1 aromatic rings. The van der Waals surface area contributed by atoms with Gasteiger partial charge in [-0.2, -0.15) is 0 Å². The summed E-state index contributed by atoms with van der Waals surface area (Å²) < 4.78 is 0. The van der Waals surface area contributed by atoms with Gasteiger partial charge in [0.2, 0.25) is 0 Å². The molecule has 1 saturated carbocycles. The molecule has 1 aromatic carbocycles. The Morgan fingerprint density at radius 3 is 2.57 bits per heavy atom. The number of rotatable bonds is 4. The van der Waals surface area contributed by atoms with Gasteiger partial charge < -0.3 is 15.3 Å². The van der Waals surface area contributed by atoms with Crippen LogP contribution in [0.1, 0.15) is 25.7 Å². The van der Waals surface area contributed by atoms with Crippen LogP contribution >= 0.6 is 23.2 Å². The highest BCUT2D eigenvalue weighted by Crippen LogP contribution is 2.27. The van der Waals surface area contributed by atoms with Crippen molar-refractivity contribution in [2.24, 2.45) is 0 Å². The minimum atomic E-state index is -1.03. The number of hydrogen-bond acceptors (Lipinski definition) is 2. The van der Waals surface area contributed by atoms with E-state index >= 15 is 0 Å². The highest BCUT2D eigenvalue weighted by atomic mass is 35.5. The summed E-state index contributed by atoms with van der Waals surface area (Å²) in [4.78, 5) is 24.7. The van der Waals surface area contributed by atoms with E-state index in [-0.39, 0.29) is 12.6 Å². The number of carboxylic acid groups (broad SMARTS) is 1. The second kappa shape index (κ2) is 7.00. The molecule has 0 radical (unpaired) electrons. The van der Waals surface area contributed by atoms with Crippen LogP contribution in [0.25, 0.3) is 0 Å². The number of carbonyl (C=O) groups is 2. The first-order valence-electron chi connectivity index (χ1n) is 6.72. The topological polar surface area (TPSA) is 69.6 Å². The van der Waals surface area contributed by atoms with E-state index in [9.17, 15) is 9.59 Å². The number of nitrogens with zero attached hydrogens (tertiary/aromatic N) is 1. The Labute approximate surface area is 132 Å². The van der Waals surface area contributed by atoms with Gasteiger partial charge in [0, 0.05) is 11.1 Å². The molecule has 7 heteroatoms. The Kier molecular flexibility index (Phi) is 5.31. The van der Waals surface area contributed by atoms with Crippen LogP contribution in [-0.2, 0) is 4.79 Å². The molecule has 2 rings (SSSR count). The minimum absolute atomic E-state index is 0.0425. The molecule has 5 nitrogen and oxygen atoms in total. The fourth-order valence-corrected chi connectivity index (χ4v) is 2.85. The summed E-state index contributed by atoms with van der Waals surface area (Å²) in [5, 5.41) is 12.4. The van der Waals surface area contributed by atoms with Gasteiger partial charge >= 0.3 is 12.0 Å². The molecule has 0 aromatic heterocycles. The fraction of sp³-hybridized carbons (Fsp3) is 0.429. The highest BCUT2D eigenvalue weighted by Gasteiger charge is 2.28. The molecule has 21 heavy (non-hydrogen) atoms. The monoisotopic (exact) mass is 330 g/mol. The largest absolute Gasteiger partial charge is 0.480 e. The summed E-state index contributed by atoms with van der Waals surface area (Å²) in [6, 6.07) is 4.23. The summed E-state index contributed by atoms with van der Waals surface area (Å²) >= 11 is 11.9. The third-order valence-corrected chi connectivity index (χ3v) is 4.07. The number of benzene rings is 1. The van der Waals surface area contributed by atoms with E-state index in [1.165, 1.54) is 11.0 Å². The Bertz CT molecular complexity index is 545. The summed E-state index contributed by atoms with van der Waals surface area (Å²) in [5.41, 5.74) is 0.377. The molecule has 0 bridgehead atoms. The van der Waals surface area contributed by atoms with Crippen molar-refractivity contribution in [3.05, 3.63) is 28.2 Å². The lowest BCUT2D eigenvalue weighted by molar-refractivity contribution is -0.138. The van der Waals surface area contributed by atoms with Crippen LogP contribution < -0.4 is 5.32 Å². The van der Waals surface area contributed by atoms with Gasteiger partial charge in [-0.05, 0) is 31.0 Å². The van der Waals surface area contributed by atoms with Crippen molar-refractivity contribution in [3.63, 3.8) is 0 Å². The van der Waals surface area contributed by atoms with Gasteiger partial charge in [0.05, 0.1) is 10.7 Å². The van der Waals surface area contributed by atoms with E-state index in [1.54, 1.807) is 12.1 Å². The molecule has 0 heterocycles. The number of carbonyl (C=O) groups excluding carboxylic acids is 1. The van der Waals surface area contributed by atoms with E-state index in [0.29, 0.717) is 15.7 Å². The van der Waals surface area contributed by atoms with Gasteiger partial charge in [-0.1, -0.05) is 36.0 Å². The van der Waals surface area contributed by atoms with Crippen LogP contribution in [0.4, 0.5) is 10.5 Å². The molecular weight excluding hydrogens is 315 g/mol. The van der Waals surface area contributed by atoms with Crippen molar-refractivity contribution in [1.82, 2.24) is 4.90 Å². The lowest BCUT2D eigenvalue weighted by atomic mass is 10.2. The summed E-state index contributed by atoms with van der Waals surface area (Å²) in [6.45, 7) is -0.325. The number of hydrogen-bond donors (Lipinski definition) is 2. The fourth-order valence-electron chi connectivity index (χ4n) is 2.51. The number of carboxylic acids is 1. The van der Waals surface area contributed by atoms with Crippen molar-refractivity contribution in [3.8, 4) is 0 Å². The molecule has 2 amide bonds. The molecular formula is C14H16Cl2N2O3. The summed E-state index contributed by atoms with van der Waals surface area (Å²) in [5.74, 6) is -1.03. The maximum atomic E-state index is 12.3. The zero-order valence-corrected chi connectivity index (χ0v) is 12.8. The molecule has 114 valence electrons. The van der Waals surface area contributed by atoms with Crippen molar-refractivity contribution >= 4 is 40.9 Å². The smallest absolute Gasteiger partial charge is 0.323 e. The Balaban J connectivity index is 2.13. The lowest BCUT2D eigenvalue weighted by Gasteiger charge is -2.27. The number of halogens is 2. The normalized spacial score (nSPS) is 15.0. The van der Waals surface area contributed by atoms with Crippen LogP contribution in [0.5, 0.6) is 0 Å². The van der Waals surface area contributed by atoms with Crippen LogP contribution in [-0.4, -0.2) is 34.6 Å². The van der Waals surface area contributed by atoms with Gasteiger partial charge in [0.25, 0.3) is 0 Å². The van der Waals surface area contributed by atoms with Crippen molar-refractivity contribution in [2.75, 3.05) is 11.9 Å². The second-order valence-corrected chi connectivity index (χ2v) is 5.86. The predicted molar refractivity (Wildman–Crippen MR) is 82.1 cm³/mol. The van der Waals surface area contributed by atoms with Crippen LogP contribution in [0.3, 0.4) is 0 Å². The average molecular weight is 331 g/mol. The van der Waals surface area contributed by atoms with E-state index in [4.69, 9.17) is 28.3 Å². The van der Waals surface area contributed by atoms with E-state index in [1.807, 2.05) is 0 Å². The zero-order valence-electron chi connectivity index (χ0n) is 11.3. The van der Waals surface area contributed by atoms with E-state index < -0.39 is 12.0 Å². The Hall–Kier alpha value is -1.46. The van der Waals surface area contributed by atoms with Crippen LogP contribution in [0.15, 0.2) is 18.2 Å². The molecule has 0 saturated heterocycles. The maximum Gasteiger partial charge on any atom is 0.323 e. The van der Waals surface area contributed by atoms with Gasteiger partial charge in [-0.15, -0.1) is 0 Å². The minimum Gasteiger partial charge on any atom is -0.480 e. The molecule has 2 N–H and O–H groups in total. The lowest BCUT2D eigenvalue weighted by Crippen LogP contribution is -2.44. The number of amides is 2. The third-order valence-electron chi connectivity index (χ3n) is 3.50. The second-order valence-electron chi connectivity index (χ2n) is 5.01. The number of urea groups is 1. The molecule has 0 aliphatic heterocycles. The molecule has 0 unspecified atom stereocenters. The zero-order chi connectivity index (χ0) is 15.4. The Morgan fingerprint density at radius 1 is 1.29 bits per heavy atom. The number of aliphatic carboxylic acids is 1.